The minimum atomic E-state index is -0.316. The Bertz CT molecular complexity index is 336. The third-order valence-corrected chi connectivity index (χ3v) is 2.94. The van der Waals surface area contributed by atoms with Crippen molar-refractivity contribution in [3.8, 4) is 5.75 Å². The van der Waals surface area contributed by atoms with Gasteiger partial charge in [0.1, 0.15) is 0 Å². The molecule has 0 atom stereocenters. The van der Waals surface area contributed by atoms with Crippen molar-refractivity contribution in [2.45, 2.75) is 25.1 Å². The largest absolute Gasteiger partial charge is 0.491 e. The summed E-state index contributed by atoms with van der Waals surface area (Å²) < 4.78 is 18.8. The van der Waals surface area contributed by atoms with Gasteiger partial charge in [0, 0.05) is 5.88 Å². The minimum absolute atomic E-state index is 0.316. The fraction of sp³-hybridized carbons (Fsp3) is 0.500. The lowest BCUT2D eigenvalue weighted by Gasteiger charge is -2.07. The molecule has 0 radical (unpaired) electrons. The van der Waals surface area contributed by atoms with E-state index in [4.69, 9.17) is 16.3 Å². The molecule has 2 rings (SSSR count). The molecule has 1 aromatic rings. The fourth-order valence-electron chi connectivity index (χ4n) is 1.49. The highest BCUT2D eigenvalue weighted by Crippen LogP contribution is 2.32. The molecular weight excluding hydrogens is 215 g/mol. The second kappa shape index (κ2) is 4.84. The van der Waals surface area contributed by atoms with Gasteiger partial charge in [0.15, 0.2) is 11.6 Å². The highest BCUT2D eigenvalue weighted by molar-refractivity contribution is 6.17. The molecule has 0 bridgehead atoms. The zero-order chi connectivity index (χ0) is 10.7. The van der Waals surface area contributed by atoms with Crippen LogP contribution in [0.3, 0.4) is 0 Å². The van der Waals surface area contributed by atoms with Gasteiger partial charge in [-0.2, -0.15) is 0 Å². The minimum Gasteiger partial charge on any atom is -0.491 e. The van der Waals surface area contributed by atoms with Crippen LogP contribution in [0.2, 0.25) is 0 Å². The number of hydrogen-bond acceptors (Lipinski definition) is 1. The van der Waals surface area contributed by atoms with Crippen molar-refractivity contribution in [2.75, 3.05) is 6.61 Å². The smallest absolute Gasteiger partial charge is 0.165 e. The molecule has 3 heteroatoms. The summed E-state index contributed by atoms with van der Waals surface area (Å²) in [5.41, 5.74) is 0.781. The van der Waals surface area contributed by atoms with E-state index in [2.05, 4.69) is 0 Å². The molecule has 15 heavy (non-hydrogen) atoms. The zero-order valence-electron chi connectivity index (χ0n) is 8.51. The lowest BCUT2D eigenvalue weighted by molar-refractivity contribution is 0.288. The van der Waals surface area contributed by atoms with Gasteiger partial charge >= 0.3 is 0 Å². The predicted molar refractivity (Wildman–Crippen MR) is 58.8 cm³/mol. The van der Waals surface area contributed by atoms with Crippen LogP contribution in [-0.4, -0.2) is 6.61 Å². The van der Waals surface area contributed by atoms with Gasteiger partial charge in [-0.25, -0.2) is 4.39 Å². The van der Waals surface area contributed by atoms with Crippen LogP contribution in [0.1, 0.15) is 24.8 Å². The molecule has 0 unspecified atom stereocenters. The van der Waals surface area contributed by atoms with Crippen LogP contribution in [0.4, 0.5) is 4.39 Å². The average molecular weight is 229 g/mol. The van der Waals surface area contributed by atoms with Crippen molar-refractivity contribution in [1.29, 1.82) is 0 Å². The van der Waals surface area contributed by atoms with Gasteiger partial charge in [0.2, 0.25) is 0 Å². The van der Waals surface area contributed by atoms with Crippen LogP contribution < -0.4 is 4.74 Å². The number of ether oxygens (including phenoxy) is 1. The van der Waals surface area contributed by atoms with E-state index in [1.54, 1.807) is 12.1 Å². The van der Waals surface area contributed by atoms with Crippen LogP contribution in [0, 0.1) is 11.7 Å². The Balaban J connectivity index is 1.88. The van der Waals surface area contributed by atoms with Gasteiger partial charge in [-0.3, -0.25) is 0 Å². The normalized spacial score (nSPS) is 15.3. The van der Waals surface area contributed by atoms with Crippen molar-refractivity contribution >= 4 is 11.6 Å². The molecule has 0 spiro atoms. The maximum absolute atomic E-state index is 13.4. The van der Waals surface area contributed by atoms with Crippen molar-refractivity contribution in [2.24, 2.45) is 5.92 Å². The molecule has 0 N–H and O–H groups in total. The van der Waals surface area contributed by atoms with E-state index < -0.39 is 0 Å². The van der Waals surface area contributed by atoms with Gasteiger partial charge in [-0.1, -0.05) is 18.9 Å². The molecule has 1 aliphatic rings. The molecule has 0 saturated heterocycles. The Morgan fingerprint density at radius 3 is 2.80 bits per heavy atom. The van der Waals surface area contributed by atoms with E-state index in [0.29, 0.717) is 18.2 Å². The van der Waals surface area contributed by atoms with E-state index in [0.717, 1.165) is 17.9 Å². The molecule has 0 amide bonds. The van der Waals surface area contributed by atoms with Gasteiger partial charge in [-0.05, 0) is 30.0 Å². The van der Waals surface area contributed by atoms with Crippen LogP contribution in [0.5, 0.6) is 5.75 Å². The summed E-state index contributed by atoms with van der Waals surface area (Å²) in [6, 6.07) is 4.88. The molecule has 1 saturated carbocycles. The van der Waals surface area contributed by atoms with Gasteiger partial charge in [-0.15, -0.1) is 11.6 Å². The van der Waals surface area contributed by atoms with Crippen LogP contribution >= 0.6 is 11.6 Å². The van der Waals surface area contributed by atoms with Gasteiger partial charge in [0.25, 0.3) is 0 Å². The topological polar surface area (TPSA) is 9.23 Å². The summed E-state index contributed by atoms with van der Waals surface area (Å²) in [4.78, 5) is 0. The second-order valence-electron chi connectivity index (χ2n) is 3.98. The first kappa shape index (κ1) is 10.7. The maximum Gasteiger partial charge on any atom is 0.165 e. The summed E-state index contributed by atoms with van der Waals surface area (Å²) in [5, 5.41) is 0. The quantitative estimate of drug-likeness (QED) is 0.698. The molecule has 0 heterocycles. The number of rotatable bonds is 5. The first-order chi connectivity index (χ1) is 7.29. The first-order valence-corrected chi connectivity index (χ1v) is 5.80. The Hall–Kier alpha value is -0.760. The van der Waals surface area contributed by atoms with E-state index in [-0.39, 0.29) is 5.82 Å². The number of halogens is 2. The monoisotopic (exact) mass is 228 g/mol. The molecule has 1 aromatic carbocycles. The number of hydrogen-bond donors (Lipinski definition) is 0. The summed E-state index contributed by atoms with van der Waals surface area (Å²) in [6.45, 7) is 0.613. The first-order valence-electron chi connectivity index (χ1n) is 5.27. The lowest BCUT2D eigenvalue weighted by atomic mass is 10.2. The Morgan fingerprint density at radius 1 is 1.40 bits per heavy atom. The van der Waals surface area contributed by atoms with Crippen molar-refractivity contribution in [1.82, 2.24) is 0 Å². The van der Waals surface area contributed by atoms with Crippen LogP contribution in [0.15, 0.2) is 18.2 Å². The van der Waals surface area contributed by atoms with Crippen molar-refractivity contribution < 1.29 is 9.13 Å². The van der Waals surface area contributed by atoms with Gasteiger partial charge < -0.3 is 4.74 Å². The van der Waals surface area contributed by atoms with Crippen molar-refractivity contribution in [3.63, 3.8) is 0 Å². The molecule has 0 aliphatic heterocycles. The lowest BCUT2D eigenvalue weighted by Crippen LogP contribution is -2.00. The van der Waals surface area contributed by atoms with E-state index in [1.165, 1.54) is 18.9 Å². The maximum atomic E-state index is 13.4. The standard InChI is InChI=1S/C12H14ClFO/c13-8-10-3-4-12(11(14)7-10)15-6-5-9-1-2-9/h3-4,7,9H,1-2,5-6,8H2. The second-order valence-corrected chi connectivity index (χ2v) is 4.25. The highest BCUT2D eigenvalue weighted by atomic mass is 35.5. The van der Waals surface area contributed by atoms with Crippen molar-refractivity contribution in [3.05, 3.63) is 29.6 Å². The third kappa shape index (κ3) is 3.10. The molecule has 1 nitrogen and oxygen atoms in total. The molecular formula is C12H14ClFO. The summed E-state index contributed by atoms with van der Waals surface area (Å²) in [5.74, 6) is 1.17. The Labute approximate surface area is 94.2 Å². The number of benzene rings is 1. The van der Waals surface area contributed by atoms with E-state index >= 15 is 0 Å². The predicted octanol–water partition coefficient (Wildman–Crippen LogP) is 3.74. The van der Waals surface area contributed by atoms with Crippen LogP contribution in [0.25, 0.3) is 0 Å². The third-order valence-electron chi connectivity index (χ3n) is 2.63. The zero-order valence-corrected chi connectivity index (χ0v) is 9.27. The number of alkyl halides is 1. The molecule has 0 aromatic heterocycles. The Kier molecular flexibility index (Phi) is 3.47. The van der Waals surface area contributed by atoms with Crippen LogP contribution in [-0.2, 0) is 5.88 Å². The van der Waals surface area contributed by atoms with E-state index in [1.807, 2.05) is 0 Å². The summed E-state index contributed by atoms with van der Waals surface area (Å²) in [6.07, 6.45) is 3.64. The fourth-order valence-corrected chi connectivity index (χ4v) is 1.65. The summed E-state index contributed by atoms with van der Waals surface area (Å²) >= 11 is 5.60. The van der Waals surface area contributed by atoms with E-state index in [9.17, 15) is 4.39 Å². The van der Waals surface area contributed by atoms with Gasteiger partial charge in [0.05, 0.1) is 6.61 Å². The highest BCUT2D eigenvalue weighted by Gasteiger charge is 2.20. The molecule has 1 fully saturated rings. The summed E-state index contributed by atoms with van der Waals surface area (Å²) in [7, 11) is 0. The Morgan fingerprint density at radius 2 is 2.20 bits per heavy atom. The molecule has 1 aliphatic carbocycles. The average Bonchev–Trinajstić information content (AvgIpc) is 3.04. The molecule has 82 valence electrons. The SMILES string of the molecule is Fc1cc(CCl)ccc1OCCC1CC1.